The van der Waals surface area contributed by atoms with Gasteiger partial charge in [-0.3, -0.25) is 0 Å². The average molecular weight is 378 g/mol. The first kappa shape index (κ1) is 18.3. The molecule has 0 spiro atoms. The number of hydrogen-bond donors (Lipinski definition) is 1. The molecular formula is C25H18N2O2. The van der Waals surface area contributed by atoms with E-state index in [1.54, 1.807) is 24.3 Å². The predicted octanol–water partition coefficient (Wildman–Crippen LogP) is 4.45. The van der Waals surface area contributed by atoms with Crippen LogP contribution in [0.1, 0.15) is 28.2 Å². The highest BCUT2D eigenvalue weighted by Gasteiger charge is 2.28. The summed E-state index contributed by atoms with van der Waals surface area (Å²) in [5, 5.41) is 11.5. The van der Waals surface area contributed by atoms with E-state index in [1.807, 2.05) is 24.3 Å². The second kappa shape index (κ2) is 8.33. The number of amides is 1. The number of hydrogen-bond acceptors (Lipinski definition) is 3. The molecule has 3 aromatic rings. The molecular weight excluding hydrogens is 360 g/mol. The fourth-order valence-electron chi connectivity index (χ4n) is 3.54. The highest BCUT2D eigenvalue weighted by molar-refractivity contribution is 5.79. The van der Waals surface area contributed by atoms with Crippen LogP contribution in [-0.4, -0.2) is 19.2 Å². The van der Waals surface area contributed by atoms with Gasteiger partial charge in [0.25, 0.3) is 0 Å². The van der Waals surface area contributed by atoms with Gasteiger partial charge in [0.15, 0.2) is 0 Å². The van der Waals surface area contributed by atoms with Crippen LogP contribution in [0.3, 0.4) is 0 Å². The predicted molar refractivity (Wildman–Crippen MR) is 111 cm³/mol. The zero-order chi connectivity index (χ0) is 20.1. The number of fused-ring (bicyclic) bond motifs is 3. The van der Waals surface area contributed by atoms with E-state index in [-0.39, 0.29) is 19.1 Å². The van der Waals surface area contributed by atoms with Crippen molar-refractivity contribution in [2.75, 3.05) is 13.2 Å². The standard InChI is InChI=1S/C25H18N2O2/c26-16-19-13-11-18(12-14-19)6-5-15-27-25(28)29-17-24-22-9-3-1-7-20(22)21-8-2-4-10-23(21)24/h1-4,7-14,24H,15,17H2,(H,27,28). The zero-order valence-corrected chi connectivity index (χ0v) is 15.7. The van der Waals surface area contributed by atoms with Gasteiger partial charge >= 0.3 is 6.09 Å². The molecule has 3 aromatic carbocycles. The lowest BCUT2D eigenvalue weighted by Gasteiger charge is -2.14. The second-order valence-electron chi connectivity index (χ2n) is 6.67. The van der Waals surface area contributed by atoms with Gasteiger partial charge in [0.05, 0.1) is 18.2 Å². The Morgan fingerprint density at radius 3 is 2.10 bits per heavy atom. The van der Waals surface area contributed by atoms with E-state index < -0.39 is 6.09 Å². The molecule has 0 unspecified atom stereocenters. The Labute approximate surface area is 169 Å². The van der Waals surface area contributed by atoms with Crippen molar-refractivity contribution in [3.05, 3.63) is 95.1 Å². The maximum atomic E-state index is 12.1. The maximum absolute atomic E-state index is 12.1. The molecule has 29 heavy (non-hydrogen) atoms. The summed E-state index contributed by atoms with van der Waals surface area (Å²) in [4.78, 5) is 12.1. The van der Waals surface area contributed by atoms with Crippen LogP contribution in [0.5, 0.6) is 0 Å². The van der Waals surface area contributed by atoms with E-state index in [1.165, 1.54) is 22.3 Å². The van der Waals surface area contributed by atoms with Crippen LogP contribution in [0.4, 0.5) is 4.79 Å². The Hall–Kier alpha value is -4.02. The van der Waals surface area contributed by atoms with E-state index in [2.05, 4.69) is 47.5 Å². The molecule has 4 nitrogen and oxygen atoms in total. The Morgan fingerprint density at radius 2 is 1.48 bits per heavy atom. The van der Waals surface area contributed by atoms with E-state index in [0.717, 1.165) is 5.56 Å². The summed E-state index contributed by atoms with van der Waals surface area (Å²) in [6, 6.07) is 25.5. The van der Waals surface area contributed by atoms with Gasteiger partial charge in [-0.1, -0.05) is 60.4 Å². The first-order valence-electron chi connectivity index (χ1n) is 9.34. The van der Waals surface area contributed by atoms with Crippen molar-refractivity contribution < 1.29 is 9.53 Å². The Bertz CT molecular complexity index is 1100. The Balaban J connectivity index is 1.33. The van der Waals surface area contributed by atoms with Crippen molar-refractivity contribution in [3.63, 3.8) is 0 Å². The van der Waals surface area contributed by atoms with Gasteiger partial charge in [-0.05, 0) is 46.5 Å². The largest absolute Gasteiger partial charge is 0.449 e. The van der Waals surface area contributed by atoms with Crippen molar-refractivity contribution in [2.24, 2.45) is 0 Å². The molecule has 0 bridgehead atoms. The smallest absolute Gasteiger partial charge is 0.407 e. The number of alkyl carbamates (subject to hydrolysis) is 1. The summed E-state index contributed by atoms with van der Waals surface area (Å²) in [5.41, 5.74) is 6.14. The molecule has 0 heterocycles. The number of carbonyl (C=O) groups is 1. The SMILES string of the molecule is N#Cc1ccc(C#CCNC(=O)OCC2c3ccccc3-c3ccccc32)cc1. The summed E-state index contributed by atoms with van der Waals surface area (Å²) in [6.45, 7) is 0.472. The van der Waals surface area contributed by atoms with Gasteiger partial charge in [0, 0.05) is 11.5 Å². The number of nitrogens with one attached hydrogen (secondary N) is 1. The average Bonchev–Trinajstić information content (AvgIpc) is 3.09. The Kier molecular flexibility index (Phi) is 5.27. The lowest BCUT2D eigenvalue weighted by atomic mass is 9.98. The molecule has 1 amide bonds. The van der Waals surface area contributed by atoms with Crippen molar-refractivity contribution >= 4 is 6.09 Å². The second-order valence-corrected chi connectivity index (χ2v) is 6.67. The minimum Gasteiger partial charge on any atom is -0.449 e. The van der Waals surface area contributed by atoms with Crippen molar-refractivity contribution in [1.82, 2.24) is 5.32 Å². The topological polar surface area (TPSA) is 62.1 Å². The van der Waals surface area contributed by atoms with Crippen LogP contribution in [-0.2, 0) is 4.74 Å². The summed E-state index contributed by atoms with van der Waals surface area (Å²) in [6.07, 6.45) is -0.485. The van der Waals surface area contributed by atoms with Gasteiger partial charge in [-0.25, -0.2) is 4.79 Å². The molecule has 0 aromatic heterocycles. The van der Waals surface area contributed by atoms with Crippen molar-refractivity contribution in [3.8, 4) is 29.0 Å². The van der Waals surface area contributed by atoms with Crippen molar-refractivity contribution in [2.45, 2.75) is 5.92 Å². The molecule has 0 fully saturated rings. The molecule has 0 radical (unpaired) electrons. The van der Waals surface area contributed by atoms with Crippen LogP contribution in [0, 0.1) is 23.2 Å². The minimum absolute atomic E-state index is 0.0397. The summed E-state index contributed by atoms with van der Waals surface area (Å²) in [7, 11) is 0. The van der Waals surface area contributed by atoms with Gasteiger partial charge in [0.2, 0.25) is 0 Å². The van der Waals surface area contributed by atoms with E-state index in [9.17, 15) is 4.79 Å². The summed E-state index contributed by atoms with van der Waals surface area (Å²) >= 11 is 0. The minimum atomic E-state index is -0.485. The van der Waals surface area contributed by atoms with Crippen LogP contribution in [0.2, 0.25) is 0 Å². The first-order chi connectivity index (χ1) is 14.3. The molecule has 4 rings (SSSR count). The lowest BCUT2D eigenvalue weighted by Crippen LogP contribution is -2.26. The fraction of sp³-hybridized carbons (Fsp3) is 0.120. The molecule has 0 atom stereocenters. The van der Waals surface area contributed by atoms with E-state index in [4.69, 9.17) is 10.00 Å². The monoisotopic (exact) mass is 378 g/mol. The molecule has 140 valence electrons. The Morgan fingerprint density at radius 1 is 0.897 bits per heavy atom. The van der Waals surface area contributed by atoms with Gasteiger partial charge in [-0.15, -0.1) is 0 Å². The molecule has 1 aliphatic rings. The van der Waals surface area contributed by atoms with Crippen LogP contribution in [0.25, 0.3) is 11.1 Å². The molecule has 0 saturated carbocycles. The van der Waals surface area contributed by atoms with E-state index >= 15 is 0 Å². The maximum Gasteiger partial charge on any atom is 0.407 e. The number of nitrogens with zero attached hydrogens (tertiary/aromatic N) is 1. The molecule has 1 N–H and O–H groups in total. The third-order valence-corrected chi connectivity index (χ3v) is 4.91. The number of carbonyl (C=O) groups excluding carboxylic acids is 1. The summed E-state index contributed by atoms with van der Waals surface area (Å²) in [5.74, 6) is 5.87. The van der Waals surface area contributed by atoms with Crippen molar-refractivity contribution in [1.29, 1.82) is 5.26 Å². The van der Waals surface area contributed by atoms with Gasteiger partial charge in [-0.2, -0.15) is 5.26 Å². The lowest BCUT2D eigenvalue weighted by molar-refractivity contribution is 0.144. The highest BCUT2D eigenvalue weighted by atomic mass is 16.5. The molecule has 0 saturated heterocycles. The van der Waals surface area contributed by atoms with Crippen LogP contribution in [0.15, 0.2) is 72.8 Å². The first-order valence-corrected chi connectivity index (χ1v) is 9.34. The fourth-order valence-corrected chi connectivity index (χ4v) is 3.54. The molecule has 4 heteroatoms. The number of rotatable bonds is 3. The third-order valence-electron chi connectivity index (χ3n) is 4.91. The highest BCUT2D eigenvalue weighted by Crippen LogP contribution is 2.44. The van der Waals surface area contributed by atoms with Crippen LogP contribution < -0.4 is 5.32 Å². The normalized spacial score (nSPS) is 11.4. The van der Waals surface area contributed by atoms with E-state index in [0.29, 0.717) is 5.56 Å². The van der Waals surface area contributed by atoms with Gasteiger partial charge in [0.1, 0.15) is 6.61 Å². The zero-order valence-electron chi connectivity index (χ0n) is 15.7. The number of ether oxygens (including phenoxy) is 1. The quantitative estimate of drug-likeness (QED) is 0.685. The third kappa shape index (κ3) is 3.98. The summed E-state index contributed by atoms with van der Waals surface area (Å²) < 4.78 is 5.47. The molecule has 0 aliphatic heterocycles. The number of nitriles is 1. The van der Waals surface area contributed by atoms with Gasteiger partial charge < -0.3 is 10.1 Å². The van der Waals surface area contributed by atoms with Crippen LogP contribution >= 0.6 is 0 Å². The molecule has 1 aliphatic carbocycles. The number of benzene rings is 3.